The minimum atomic E-state index is -0.0815. The van der Waals surface area contributed by atoms with E-state index >= 15 is 0 Å². The zero-order valence-electron chi connectivity index (χ0n) is 13.4. The van der Waals surface area contributed by atoms with Crippen molar-refractivity contribution < 1.29 is 4.79 Å². The molecule has 1 saturated carbocycles. The lowest BCUT2D eigenvalue weighted by Gasteiger charge is -2.11. The lowest BCUT2D eigenvalue weighted by Crippen LogP contribution is -2.32. The van der Waals surface area contributed by atoms with Gasteiger partial charge in [-0.05, 0) is 25.3 Å². The molecule has 0 bridgehead atoms. The fourth-order valence-electron chi connectivity index (χ4n) is 2.76. The summed E-state index contributed by atoms with van der Waals surface area (Å²) in [5.41, 5.74) is 2.92. The summed E-state index contributed by atoms with van der Waals surface area (Å²) in [6.07, 6.45) is 7.70. The van der Waals surface area contributed by atoms with E-state index < -0.39 is 0 Å². The molecule has 5 nitrogen and oxygen atoms in total. The quantitative estimate of drug-likeness (QED) is 0.890. The van der Waals surface area contributed by atoms with E-state index in [1.165, 1.54) is 24.0 Å². The van der Waals surface area contributed by atoms with E-state index in [9.17, 15) is 4.79 Å². The molecule has 0 aliphatic heterocycles. The molecule has 2 aromatic rings. The average molecular weight is 310 g/mol. The van der Waals surface area contributed by atoms with Crippen molar-refractivity contribution in [2.75, 3.05) is 5.32 Å². The molecule has 0 radical (unpaired) electrons. The Morgan fingerprint density at radius 3 is 2.43 bits per heavy atom. The summed E-state index contributed by atoms with van der Waals surface area (Å²) < 4.78 is 0. The summed E-state index contributed by atoms with van der Waals surface area (Å²) in [7, 11) is 0. The number of anilines is 1. The Hall–Kier alpha value is -2.43. The van der Waals surface area contributed by atoms with Gasteiger partial charge in [-0.15, -0.1) is 0 Å². The smallest absolute Gasteiger partial charge is 0.254 e. The fraction of sp³-hybridized carbons (Fsp3) is 0.389. The summed E-state index contributed by atoms with van der Waals surface area (Å²) in [6, 6.07) is 8.61. The number of rotatable bonds is 5. The third kappa shape index (κ3) is 4.28. The van der Waals surface area contributed by atoms with E-state index in [1.807, 2.05) is 0 Å². The zero-order chi connectivity index (χ0) is 16.1. The van der Waals surface area contributed by atoms with Gasteiger partial charge in [0.15, 0.2) is 0 Å². The molecule has 1 aliphatic rings. The minimum Gasteiger partial charge on any atom is -0.350 e. The lowest BCUT2D eigenvalue weighted by atomic mass is 10.1. The molecule has 23 heavy (non-hydrogen) atoms. The molecule has 5 heteroatoms. The van der Waals surface area contributed by atoms with Crippen LogP contribution in [0.4, 0.5) is 5.95 Å². The van der Waals surface area contributed by atoms with Crippen molar-refractivity contribution in [3.05, 3.63) is 53.3 Å². The van der Waals surface area contributed by atoms with E-state index in [-0.39, 0.29) is 5.91 Å². The highest BCUT2D eigenvalue weighted by Gasteiger charge is 2.18. The number of nitrogens with zero attached hydrogens (tertiary/aromatic N) is 2. The first kappa shape index (κ1) is 15.5. The highest BCUT2D eigenvalue weighted by atomic mass is 16.1. The summed E-state index contributed by atoms with van der Waals surface area (Å²) in [5, 5.41) is 6.20. The number of aryl methyl sites for hydroxylation is 1. The van der Waals surface area contributed by atoms with Gasteiger partial charge in [-0.2, -0.15) is 0 Å². The van der Waals surface area contributed by atoms with E-state index in [4.69, 9.17) is 0 Å². The van der Waals surface area contributed by atoms with Crippen LogP contribution in [0.3, 0.4) is 0 Å². The van der Waals surface area contributed by atoms with Gasteiger partial charge in [0.25, 0.3) is 5.91 Å². The molecule has 1 amide bonds. The van der Waals surface area contributed by atoms with Gasteiger partial charge < -0.3 is 10.6 Å². The van der Waals surface area contributed by atoms with Gasteiger partial charge in [0.2, 0.25) is 5.95 Å². The van der Waals surface area contributed by atoms with Crippen LogP contribution in [0.25, 0.3) is 0 Å². The molecule has 1 fully saturated rings. The predicted molar refractivity (Wildman–Crippen MR) is 90.3 cm³/mol. The number of benzene rings is 1. The van der Waals surface area contributed by atoms with E-state index in [0.29, 0.717) is 24.1 Å². The normalized spacial score (nSPS) is 14.7. The van der Waals surface area contributed by atoms with Crippen LogP contribution in [0.15, 0.2) is 36.7 Å². The van der Waals surface area contributed by atoms with Crippen LogP contribution in [-0.2, 0) is 6.54 Å². The van der Waals surface area contributed by atoms with Crippen molar-refractivity contribution in [3.63, 3.8) is 0 Å². The van der Waals surface area contributed by atoms with Crippen molar-refractivity contribution in [1.29, 1.82) is 0 Å². The first-order valence-corrected chi connectivity index (χ1v) is 8.13. The Bertz CT molecular complexity index is 646. The summed E-state index contributed by atoms with van der Waals surface area (Å²) in [6.45, 7) is 2.73. The van der Waals surface area contributed by atoms with Gasteiger partial charge in [0.05, 0.1) is 5.56 Å². The predicted octanol–water partition coefficient (Wildman–Crippen LogP) is 3.07. The second-order valence-corrected chi connectivity index (χ2v) is 6.09. The first-order valence-electron chi connectivity index (χ1n) is 8.13. The Labute approximate surface area is 136 Å². The van der Waals surface area contributed by atoms with Crippen molar-refractivity contribution in [2.24, 2.45) is 0 Å². The first-order chi connectivity index (χ1) is 11.2. The zero-order valence-corrected chi connectivity index (χ0v) is 13.4. The van der Waals surface area contributed by atoms with Crippen molar-refractivity contribution in [2.45, 2.75) is 45.2 Å². The molecule has 1 aromatic carbocycles. The molecule has 2 N–H and O–H groups in total. The second kappa shape index (κ2) is 7.22. The summed E-state index contributed by atoms with van der Waals surface area (Å²) in [4.78, 5) is 20.6. The average Bonchev–Trinajstić information content (AvgIpc) is 3.08. The number of hydrogen-bond acceptors (Lipinski definition) is 4. The highest BCUT2D eigenvalue weighted by Crippen LogP contribution is 2.18. The maximum absolute atomic E-state index is 12.1. The molecule has 1 heterocycles. The van der Waals surface area contributed by atoms with Crippen molar-refractivity contribution >= 4 is 11.9 Å². The molecule has 0 saturated heterocycles. The van der Waals surface area contributed by atoms with Crippen LogP contribution in [0.1, 0.15) is 47.2 Å². The van der Waals surface area contributed by atoms with Crippen LogP contribution in [0, 0.1) is 6.92 Å². The number of aromatic nitrogens is 2. The van der Waals surface area contributed by atoms with Gasteiger partial charge >= 0.3 is 0 Å². The Morgan fingerprint density at radius 1 is 1.13 bits per heavy atom. The third-order valence-electron chi connectivity index (χ3n) is 4.18. The van der Waals surface area contributed by atoms with Gasteiger partial charge in [0, 0.05) is 25.0 Å². The fourth-order valence-corrected chi connectivity index (χ4v) is 2.76. The van der Waals surface area contributed by atoms with Crippen LogP contribution in [0.2, 0.25) is 0 Å². The molecule has 0 spiro atoms. The second-order valence-electron chi connectivity index (χ2n) is 6.09. The number of carbonyl (C=O) groups is 1. The molecule has 0 unspecified atom stereocenters. The number of nitrogens with one attached hydrogen (secondary N) is 2. The summed E-state index contributed by atoms with van der Waals surface area (Å²) >= 11 is 0. The maximum Gasteiger partial charge on any atom is 0.254 e. The molecule has 1 aromatic heterocycles. The molecule has 1 aliphatic carbocycles. The third-order valence-corrected chi connectivity index (χ3v) is 4.18. The van der Waals surface area contributed by atoms with E-state index in [2.05, 4.69) is 51.8 Å². The van der Waals surface area contributed by atoms with Crippen LogP contribution in [-0.4, -0.2) is 21.9 Å². The Kier molecular flexibility index (Phi) is 4.86. The van der Waals surface area contributed by atoms with Gasteiger partial charge in [-0.25, -0.2) is 9.97 Å². The highest BCUT2D eigenvalue weighted by molar-refractivity contribution is 5.93. The van der Waals surface area contributed by atoms with Gasteiger partial charge in [0.1, 0.15) is 0 Å². The van der Waals surface area contributed by atoms with Gasteiger partial charge in [-0.1, -0.05) is 42.7 Å². The number of amides is 1. The van der Waals surface area contributed by atoms with Crippen LogP contribution in [0.5, 0.6) is 0 Å². The van der Waals surface area contributed by atoms with Gasteiger partial charge in [-0.3, -0.25) is 4.79 Å². The van der Waals surface area contributed by atoms with E-state index in [1.54, 1.807) is 12.4 Å². The Balaban J connectivity index is 1.53. The summed E-state index contributed by atoms with van der Waals surface area (Å²) in [5.74, 6) is 0.449. The molecular formula is C18H22N4O. The molecule has 120 valence electrons. The molecule has 0 atom stereocenters. The molecule has 3 rings (SSSR count). The van der Waals surface area contributed by atoms with Crippen LogP contribution >= 0.6 is 0 Å². The minimum absolute atomic E-state index is 0.0815. The number of carbonyl (C=O) groups excluding carboxylic acids is 1. The lowest BCUT2D eigenvalue weighted by molar-refractivity contribution is 0.0937. The SMILES string of the molecule is Cc1ccc(CNc2ncc(C(=O)NC3CCCC3)cn2)cc1. The standard InChI is InChI=1S/C18H22N4O/c1-13-6-8-14(9-7-13)10-19-18-20-11-15(12-21-18)17(23)22-16-4-2-3-5-16/h6-9,11-12,16H,2-5,10H2,1H3,(H,22,23)(H,19,20,21). The van der Waals surface area contributed by atoms with Crippen LogP contribution < -0.4 is 10.6 Å². The topological polar surface area (TPSA) is 66.9 Å². The molecular weight excluding hydrogens is 288 g/mol. The van der Waals surface area contributed by atoms with Crippen molar-refractivity contribution in [1.82, 2.24) is 15.3 Å². The van der Waals surface area contributed by atoms with E-state index in [0.717, 1.165) is 12.8 Å². The number of hydrogen-bond donors (Lipinski definition) is 2. The monoisotopic (exact) mass is 310 g/mol. The Morgan fingerprint density at radius 2 is 1.78 bits per heavy atom. The maximum atomic E-state index is 12.1. The van der Waals surface area contributed by atoms with Crippen molar-refractivity contribution in [3.8, 4) is 0 Å². The largest absolute Gasteiger partial charge is 0.350 e.